The van der Waals surface area contributed by atoms with Crippen LogP contribution < -0.4 is 10.1 Å². The smallest absolute Gasteiger partial charge is 0.266 e. The van der Waals surface area contributed by atoms with Crippen molar-refractivity contribution in [3.63, 3.8) is 0 Å². The summed E-state index contributed by atoms with van der Waals surface area (Å²) in [4.78, 5) is 11.9. The lowest BCUT2D eigenvalue weighted by atomic mass is 10.3. The van der Waals surface area contributed by atoms with Crippen LogP contribution in [0, 0.1) is 6.92 Å². The largest absolute Gasteiger partial charge is 0.479 e. The molecule has 0 saturated heterocycles. The van der Waals surface area contributed by atoms with E-state index in [1.54, 1.807) is 38.1 Å². The van der Waals surface area contributed by atoms with E-state index in [1.807, 2.05) is 0 Å². The summed E-state index contributed by atoms with van der Waals surface area (Å²) in [5, 5.41) is 7.10. The van der Waals surface area contributed by atoms with Crippen molar-refractivity contribution >= 4 is 34.9 Å². The standard InChI is InChI=1S/C13H12Cl2N2O3/c1-7-5-12(17-20-7)16-13(18)8(2)19-11-6-9(14)3-4-10(11)15/h3-6,8H,1-2H3,(H,16,17,18)/t8-/m1/s1. The van der Waals surface area contributed by atoms with Crippen molar-refractivity contribution in [2.75, 3.05) is 5.32 Å². The molecule has 1 amide bonds. The number of anilines is 1. The highest BCUT2D eigenvalue weighted by atomic mass is 35.5. The number of nitrogens with zero attached hydrogens (tertiary/aromatic N) is 1. The normalized spacial score (nSPS) is 12.0. The zero-order valence-electron chi connectivity index (χ0n) is 10.8. The van der Waals surface area contributed by atoms with E-state index in [4.69, 9.17) is 32.5 Å². The van der Waals surface area contributed by atoms with Gasteiger partial charge in [-0.1, -0.05) is 28.4 Å². The molecule has 0 aliphatic heterocycles. The summed E-state index contributed by atoms with van der Waals surface area (Å²) in [5.41, 5.74) is 0. The van der Waals surface area contributed by atoms with Gasteiger partial charge < -0.3 is 14.6 Å². The molecule has 0 aliphatic carbocycles. The van der Waals surface area contributed by atoms with Crippen molar-refractivity contribution < 1.29 is 14.1 Å². The third-order valence-electron chi connectivity index (χ3n) is 2.45. The number of aryl methyl sites for hydroxylation is 1. The average Bonchev–Trinajstić information content (AvgIpc) is 2.79. The molecule has 1 aromatic carbocycles. The van der Waals surface area contributed by atoms with Gasteiger partial charge in [0.2, 0.25) is 0 Å². The molecule has 1 heterocycles. The number of aromatic nitrogens is 1. The monoisotopic (exact) mass is 314 g/mol. The summed E-state index contributed by atoms with van der Waals surface area (Å²) in [6.07, 6.45) is -0.761. The number of nitrogens with one attached hydrogen (secondary N) is 1. The van der Waals surface area contributed by atoms with Crippen LogP contribution in [-0.4, -0.2) is 17.2 Å². The fraction of sp³-hybridized carbons (Fsp3) is 0.231. The van der Waals surface area contributed by atoms with Gasteiger partial charge in [0.15, 0.2) is 11.9 Å². The van der Waals surface area contributed by atoms with Gasteiger partial charge in [0.25, 0.3) is 5.91 Å². The molecule has 0 spiro atoms. The van der Waals surface area contributed by atoms with Gasteiger partial charge in [0.1, 0.15) is 11.5 Å². The third kappa shape index (κ3) is 3.65. The Balaban J connectivity index is 2.02. The number of halogens is 2. The Morgan fingerprint density at radius 2 is 2.15 bits per heavy atom. The number of benzene rings is 1. The van der Waals surface area contributed by atoms with Gasteiger partial charge in [-0.05, 0) is 26.0 Å². The van der Waals surface area contributed by atoms with Crippen molar-refractivity contribution in [3.05, 3.63) is 40.1 Å². The second-order valence-electron chi connectivity index (χ2n) is 4.15. The number of hydrogen-bond donors (Lipinski definition) is 1. The lowest BCUT2D eigenvalue weighted by Crippen LogP contribution is -2.30. The maximum Gasteiger partial charge on any atom is 0.266 e. The highest BCUT2D eigenvalue weighted by Crippen LogP contribution is 2.28. The maximum atomic E-state index is 11.9. The summed E-state index contributed by atoms with van der Waals surface area (Å²) in [6, 6.07) is 6.40. The fourth-order valence-corrected chi connectivity index (χ4v) is 1.79. The van der Waals surface area contributed by atoms with Crippen LogP contribution >= 0.6 is 23.2 Å². The van der Waals surface area contributed by atoms with E-state index in [1.165, 1.54) is 0 Å². The summed E-state index contributed by atoms with van der Waals surface area (Å²) < 4.78 is 10.3. The van der Waals surface area contributed by atoms with Gasteiger partial charge in [0, 0.05) is 17.2 Å². The van der Waals surface area contributed by atoms with Crippen molar-refractivity contribution in [1.82, 2.24) is 5.16 Å². The third-order valence-corrected chi connectivity index (χ3v) is 2.99. The predicted octanol–water partition coefficient (Wildman–Crippen LogP) is 3.70. The molecule has 1 aromatic heterocycles. The van der Waals surface area contributed by atoms with Crippen molar-refractivity contribution in [2.45, 2.75) is 20.0 Å². The molecule has 2 aromatic rings. The quantitative estimate of drug-likeness (QED) is 0.934. The Morgan fingerprint density at radius 1 is 1.40 bits per heavy atom. The number of carbonyl (C=O) groups excluding carboxylic acids is 1. The molecule has 1 atom stereocenters. The minimum absolute atomic E-state index is 0.333. The van der Waals surface area contributed by atoms with E-state index < -0.39 is 6.10 Å². The highest BCUT2D eigenvalue weighted by Gasteiger charge is 2.17. The van der Waals surface area contributed by atoms with E-state index in [0.29, 0.717) is 27.4 Å². The molecule has 0 unspecified atom stereocenters. The van der Waals surface area contributed by atoms with Gasteiger partial charge in [-0.2, -0.15) is 0 Å². The van der Waals surface area contributed by atoms with Crippen molar-refractivity contribution in [1.29, 1.82) is 0 Å². The van der Waals surface area contributed by atoms with Crippen molar-refractivity contribution in [3.8, 4) is 5.75 Å². The Hall–Kier alpha value is -1.72. The van der Waals surface area contributed by atoms with Gasteiger partial charge in [0.05, 0.1) is 5.02 Å². The Kier molecular flexibility index (Phi) is 4.52. The summed E-state index contributed by atoms with van der Waals surface area (Å²) in [7, 11) is 0. The summed E-state index contributed by atoms with van der Waals surface area (Å²) >= 11 is 11.8. The molecule has 2 rings (SSSR count). The lowest BCUT2D eigenvalue weighted by molar-refractivity contribution is -0.122. The number of carbonyl (C=O) groups is 1. The van der Waals surface area contributed by atoms with Crippen LogP contribution in [-0.2, 0) is 4.79 Å². The van der Waals surface area contributed by atoms with E-state index >= 15 is 0 Å². The molecule has 0 bridgehead atoms. The number of ether oxygens (including phenoxy) is 1. The first-order valence-electron chi connectivity index (χ1n) is 5.81. The van der Waals surface area contributed by atoms with Crippen LogP contribution in [0.3, 0.4) is 0 Å². The SMILES string of the molecule is Cc1cc(NC(=O)[C@@H](C)Oc2cc(Cl)ccc2Cl)no1. The number of rotatable bonds is 4. The van der Waals surface area contributed by atoms with Gasteiger partial charge in [-0.15, -0.1) is 0 Å². The van der Waals surface area contributed by atoms with Crippen LogP contribution in [0.5, 0.6) is 5.75 Å². The first-order chi connectivity index (χ1) is 9.45. The van der Waals surface area contributed by atoms with Crippen LogP contribution in [0.4, 0.5) is 5.82 Å². The van der Waals surface area contributed by atoms with E-state index in [0.717, 1.165) is 0 Å². The molecule has 7 heteroatoms. The van der Waals surface area contributed by atoms with Crippen LogP contribution in [0.1, 0.15) is 12.7 Å². The van der Waals surface area contributed by atoms with Gasteiger partial charge >= 0.3 is 0 Å². The molecule has 1 N–H and O–H groups in total. The summed E-state index contributed by atoms with van der Waals surface area (Å²) in [6.45, 7) is 3.33. The van der Waals surface area contributed by atoms with E-state index in [-0.39, 0.29) is 5.91 Å². The molecule has 0 saturated carbocycles. The first-order valence-corrected chi connectivity index (χ1v) is 6.57. The molecule has 0 aliphatic rings. The zero-order valence-corrected chi connectivity index (χ0v) is 12.3. The minimum Gasteiger partial charge on any atom is -0.479 e. The van der Waals surface area contributed by atoms with Gasteiger partial charge in [-0.25, -0.2) is 0 Å². The fourth-order valence-electron chi connectivity index (χ4n) is 1.46. The van der Waals surface area contributed by atoms with Gasteiger partial charge in [-0.3, -0.25) is 4.79 Å². The van der Waals surface area contributed by atoms with Crippen LogP contribution in [0.15, 0.2) is 28.8 Å². The summed E-state index contributed by atoms with van der Waals surface area (Å²) in [5.74, 6) is 0.916. The molecule has 20 heavy (non-hydrogen) atoms. The second-order valence-corrected chi connectivity index (χ2v) is 4.99. The minimum atomic E-state index is -0.761. The average molecular weight is 315 g/mol. The maximum absolute atomic E-state index is 11.9. The molecule has 0 fully saturated rings. The number of amides is 1. The first kappa shape index (κ1) is 14.7. The Morgan fingerprint density at radius 3 is 2.80 bits per heavy atom. The predicted molar refractivity (Wildman–Crippen MR) is 76.4 cm³/mol. The van der Waals surface area contributed by atoms with E-state index in [2.05, 4.69) is 10.5 Å². The highest BCUT2D eigenvalue weighted by molar-refractivity contribution is 6.34. The lowest BCUT2D eigenvalue weighted by Gasteiger charge is -2.14. The molecule has 5 nitrogen and oxygen atoms in total. The van der Waals surface area contributed by atoms with E-state index in [9.17, 15) is 4.79 Å². The van der Waals surface area contributed by atoms with Crippen LogP contribution in [0.25, 0.3) is 0 Å². The topological polar surface area (TPSA) is 64.4 Å². The number of hydrogen-bond acceptors (Lipinski definition) is 4. The molecular formula is C13H12Cl2N2O3. The second kappa shape index (κ2) is 6.15. The zero-order chi connectivity index (χ0) is 14.7. The molecule has 106 valence electrons. The Bertz CT molecular complexity index is 628. The van der Waals surface area contributed by atoms with Crippen LogP contribution in [0.2, 0.25) is 10.0 Å². The van der Waals surface area contributed by atoms with Crippen molar-refractivity contribution in [2.24, 2.45) is 0 Å². The Labute approximate surface area is 125 Å². The molecular weight excluding hydrogens is 303 g/mol. The molecule has 0 radical (unpaired) electrons.